The summed E-state index contributed by atoms with van der Waals surface area (Å²) in [5, 5.41) is 0.223. The topological polar surface area (TPSA) is 59.1 Å². The molecule has 8 heteroatoms. The monoisotopic (exact) mass is 460 g/mol. The Kier molecular flexibility index (Phi) is 6.11. The van der Waals surface area contributed by atoms with Crippen molar-refractivity contribution >= 4 is 56.9 Å². The molecule has 0 bridgehead atoms. The van der Waals surface area contributed by atoms with Gasteiger partial charge in [-0.1, -0.05) is 24.3 Å². The molecule has 1 amide bonds. The van der Waals surface area contributed by atoms with Crippen LogP contribution in [0.2, 0.25) is 0 Å². The molecule has 0 radical (unpaired) electrons. The number of esters is 1. The van der Waals surface area contributed by atoms with Crippen molar-refractivity contribution < 1.29 is 19.1 Å². The maximum Gasteiger partial charge on any atom is 0.325 e. The minimum absolute atomic E-state index is 0.159. The van der Waals surface area contributed by atoms with Gasteiger partial charge in [0.05, 0.1) is 24.4 Å². The van der Waals surface area contributed by atoms with Crippen LogP contribution in [0.25, 0.3) is 6.08 Å². The van der Waals surface area contributed by atoms with Gasteiger partial charge in [0, 0.05) is 0 Å². The van der Waals surface area contributed by atoms with Crippen LogP contribution in [0.4, 0.5) is 5.69 Å². The summed E-state index contributed by atoms with van der Waals surface area (Å²) < 4.78 is 10.7. The van der Waals surface area contributed by atoms with Crippen LogP contribution in [-0.2, 0) is 14.3 Å². The number of thiocarbonyl (C=S) groups is 1. The van der Waals surface area contributed by atoms with Crippen LogP contribution >= 0.6 is 28.1 Å². The van der Waals surface area contributed by atoms with Crippen molar-refractivity contribution in [2.75, 3.05) is 25.7 Å². The van der Waals surface area contributed by atoms with E-state index in [-0.39, 0.29) is 23.3 Å². The molecule has 1 aliphatic heterocycles. The summed E-state index contributed by atoms with van der Waals surface area (Å²) in [6.45, 7) is -0.159. The number of nitrogens with zero attached hydrogens (tertiary/aromatic N) is 2. The Labute approximate surface area is 176 Å². The molecular weight excluding hydrogens is 444 g/mol. The molecule has 3 rings (SSSR count). The molecule has 1 aliphatic rings. The van der Waals surface area contributed by atoms with Crippen LogP contribution in [0, 0.1) is 0 Å². The smallest absolute Gasteiger partial charge is 0.325 e. The first kappa shape index (κ1) is 20.0. The zero-order valence-corrected chi connectivity index (χ0v) is 17.6. The van der Waals surface area contributed by atoms with Gasteiger partial charge >= 0.3 is 5.97 Å². The standard InChI is InChI=1S/C20H17BrN2O4S/c1-26-17-9-8-13(10-15(17)21)11-16-19(25)23(14-6-4-3-5-7-14)20(28)22(16)12-18(24)27-2/h3-11H,12H2,1-2H3/b16-11-. The Morgan fingerprint density at radius 3 is 2.50 bits per heavy atom. The third-order valence-electron chi connectivity index (χ3n) is 4.14. The molecular formula is C20H17BrN2O4S. The van der Waals surface area contributed by atoms with E-state index in [1.54, 1.807) is 31.4 Å². The highest BCUT2D eigenvalue weighted by Gasteiger charge is 2.40. The van der Waals surface area contributed by atoms with Crippen LogP contribution < -0.4 is 9.64 Å². The van der Waals surface area contributed by atoms with Crippen LogP contribution in [0.1, 0.15) is 5.56 Å². The number of halogens is 1. The molecule has 28 heavy (non-hydrogen) atoms. The van der Waals surface area contributed by atoms with Crippen molar-refractivity contribution in [1.82, 2.24) is 4.90 Å². The van der Waals surface area contributed by atoms with Crippen molar-refractivity contribution in [2.45, 2.75) is 0 Å². The lowest BCUT2D eigenvalue weighted by Crippen LogP contribution is -2.35. The van der Waals surface area contributed by atoms with Gasteiger partial charge in [-0.05, 0) is 64.1 Å². The molecule has 2 aromatic rings. The van der Waals surface area contributed by atoms with Gasteiger partial charge in [-0.25, -0.2) is 0 Å². The van der Waals surface area contributed by atoms with Gasteiger partial charge in [0.1, 0.15) is 18.0 Å². The first-order valence-corrected chi connectivity index (χ1v) is 9.49. The van der Waals surface area contributed by atoms with E-state index in [0.29, 0.717) is 11.4 Å². The quantitative estimate of drug-likeness (QED) is 0.385. The van der Waals surface area contributed by atoms with E-state index in [0.717, 1.165) is 10.0 Å². The third-order valence-corrected chi connectivity index (χ3v) is 5.17. The van der Waals surface area contributed by atoms with Crippen LogP contribution in [0.5, 0.6) is 5.75 Å². The maximum absolute atomic E-state index is 13.1. The molecule has 0 aromatic heterocycles. The summed E-state index contributed by atoms with van der Waals surface area (Å²) in [5.74, 6) is -0.133. The minimum Gasteiger partial charge on any atom is -0.496 e. The van der Waals surface area contributed by atoms with Gasteiger partial charge < -0.3 is 14.4 Å². The number of rotatable bonds is 5. The molecule has 1 fully saturated rings. The number of benzene rings is 2. The van der Waals surface area contributed by atoms with Crippen molar-refractivity contribution in [2.24, 2.45) is 0 Å². The van der Waals surface area contributed by atoms with E-state index >= 15 is 0 Å². The summed E-state index contributed by atoms with van der Waals surface area (Å²) in [6, 6.07) is 14.5. The number of hydrogen-bond donors (Lipinski definition) is 0. The second kappa shape index (κ2) is 8.53. The van der Waals surface area contributed by atoms with E-state index in [1.807, 2.05) is 30.3 Å². The largest absolute Gasteiger partial charge is 0.496 e. The first-order chi connectivity index (χ1) is 13.5. The fourth-order valence-corrected chi connectivity index (χ4v) is 3.67. The van der Waals surface area contributed by atoms with Gasteiger partial charge in [-0.3, -0.25) is 14.5 Å². The zero-order chi connectivity index (χ0) is 20.3. The highest BCUT2D eigenvalue weighted by molar-refractivity contribution is 9.10. The van der Waals surface area contributed by atoms with Gasteiger partial charge in [0.25, 0.3) is 5.91 Å². The van der Waals surface area contributed by atoms with Gasteiger partial charge in [-0.2, -0.15) is 0 Å². The number of ether oxygens (including phenoxy) is 2. The average Bonchev–Trinajstić information content (AvgIpc) is 2.92. The van der Waals surface area contributed by atoms with Crippen molar-refractivity contribution in [1.29, 1.82) is 0 Å². The predicted octanol–water partition coefficient (Wildman–Crippen LogP) is 3.61. The lowest BCUT2D eigenvalue weighted by Gasteiger charge is -2.19. The molecule has 2 aromatic carbocycles. The number of anilines is 1. The fraction of sp³-hybridized carbons (Fsp3) is 0.150. The normalized spacial score (nSPS) is 15.3. The number of para-hydroxylation sites is 1. The van der Waals surface area contributed by atoms with Gasteiger partial charge in [-0.15, -0.1) is 0 Å². The van der Waals surface area contributed by atoms with E-state index in [4.69, 9.17) is 21.7 Å². The van der Waals surface area contributed by atoms with Gasteiger partial charge in [0.2, 0.25) is 0 Å². The number of amides is 1. The molecule has 0 aliphatic carbocycles. The van der Waals surface area contributed by atoms with E-state index in [2.05, 4.69) is 15.9 Å². The Morgan fingerprint density at radius 2 is 1.89 bits per heavy atom. The minimum atomic E-state index is -0.494. The Bertz CT molecular complexity index is 962. The summed E-state index contributed by atoms with van der Waals surface area (Å²) in [7, 11) is 2.87. The van der Waals surface area contributed by atoms with Crippen LogP contribution in [0.15, 0.2) is 58.7 Å². The lowest BCUT2D eigenvalue weighted by atomic mass is 10.1. The molecule has 144 valence electrons. The third kappa shape index (κ3) is 3.93. The molecule has 0 unspecified atom stereocenters. The fourth-order valence-electron chi connectivity index (χ4n) is 2.76. The molecule has 0 atom stereocenters. The van der Waals surface area contributed by atoms with E-state index in [9.17, 15) is 9.59 Å². The van der Waals surface area contributed by atoms with E-state index < -0.39 is 5.97 Å². The Hall–Kier alpha value is -2.71. The Balaban J connectivity index is 2.04. The van der Waals surface area contributed by atoms with Gasteiger partial charge in [0.15, 0.2) is 5.11 Å². The molecule has 0 spiro atoms. The zero-order valence-electron chi connectivity index (χ0n) is 15.2. The maximum atomic E-state index is 13.1. The summed E-state index contributed by atoms with van der Waals surface area (Å²) in [5.41, 5.74) is 1.67. The molecule has 1 heterocycles. The molecule has 0 saturated carbocycles. The average molecular weight is 461 g/mol. The molecule has 6 nitrogen and oxygen atoms in total. The van der Waals surface area contributed by atoms with Crippen LogP contribution in [0.3, 0.4) is 0 Å². The summed E-state index contributed by atoms with van der Waals surface area (Å²) in [4.78, 5) is 27.9. The lowest BCUT2D eigenvalue weighted by molar-refractivity contribution is -0.140. The Morgan fingerprint density at radius 1 is 1.18 bits per heavy atom. The second-order valence-corrected chi connectivity index (χ2v) is 7.06. The summed E-state index contributed by atoms with van der Waals surface area (Å²) >= 11 is 8.93. The molecule has 0 N–H and O–H groups in total. The predicted molar refractivity (Wildman–Crippen MR) is 114 cm³/mol. The number of carbonyl (C=O) groups excluding carboxylic acids is 2. The second-order valence-electron chi connectivity index (χ2n) is 5.84. The number of hydrogen-bond acceptors (Lipinski definition) is 5. The molecule has 1 saturated heterocycles. The first-order valence-electron chi connectivity index (χ1n) is 8.29. The van der Waals surface area contributed by atoms with Crippen molar-refractivity contribution in [3.05, 3.63) is 64.3 Å². The summed E-state index contributed by atoms with van der Waals surface area (Å²) in [6.07, 6.45) is 1.69. The SMILES string of the molecule is COC(=O)CN1C(=S)N(c2ccccc2)C(=O)/C1=C/c1ccc(OC)c(Br)c1. The highest BCUT2D eigenvalue weighted by atomic mass is 79.9. The van der Waals surface area contributed by atoms with Crippen LogP contribution in [-0.4, -0.2) is 42.7 Å². The number of methoxy groups -OCH3 is 2. The van der Waals surface area contributed by atoms with E-state index in [1.165, 1.54) is 16.9 Å². The van der Waals surface area contributed by atoms with Crippen molar-refractivity contribution in [3.8, 4) is 5.75 Å². The van der Waals surface area contributed by atoms with Crippen molar-refractivity contribution in [3.63, 3.8) is 0 Å². The highest BCUT2D eigenvalue weighted by Crippen LogP contribution is 2.31. The number of carbonyl (C=O) groups is 2.